The molecule has 0 bridgehead atoms. The van der Waals surface area contributed by atoms with Gasteiger partial charge in [0, 0.05) is 0 Å². The Bertz CT molecular complexity index is 884. The van der Waals surface area contributed by atoms with E-state index in [2.05, 4.69) is 10.1 Å². The first-order valence-electron chi connectivity index (χ1n) is 7.83. The average molecular weight is 398 g/mol. The molecule has 0 heterocycles. The molecule has 0 aliphatic carbocycles. The zero-order valence-corrected chi connectivity index (χ0v) is 14.2. The van der Waals surface area contributed by atoms with Crippen molar-refractivity contribution >= 4 is 23.5 Å². The summed E-state index contributed by atoms with van der Waals surface area (Å²) in [6, 6.07) is 9.40. The van der Waals surface area contributed by atoms with Crippen molar-refractivity contribution < 1.29 is 36.7 Å². The molecule has 0 aliphatic rings. The van der Waals surface area contributed by atoms with E-state index in [1.165, 1.54) is 24.3 Å². The quantitative estimate of drug-likeness (QED) is 0.579. The van der Waals surface area contributed by atoms with Crippen molar-refractivity contribution in [3.63, 3.8) is 0 Å². The van der Waals surface area contributed by atoms with Gasteiger partial charge in [-0.05, 0) is 24.3 Å². The van der Waals surface area contributed by atoms with E-state index in [-0.39, 0.29) is 5.56 Å². The minimum Gasteiger partial charge on any atom is -0.454 e. The largest absolute Gasteiger partial charge is 0.454 e. The molecule has 2 aromatic rings. The number of para-hydroxylation sites is 1. The predicted molar refractivity (Wildman–Crippen MR) is 89.8 cm³/mol. The van der Waals surface area contributed by atoms with Gasteiger partial charge < -0.3 is 15.4 Å². The minimum absolute atomic E-state index is 0.281. The Morgan fingerprint density at radius 3 is 2.29 bits per heavy atom. The Kier molecular flexibility index (Phi) is 6.69. The van der Waals surface area contributed by atoms with Gasteiger partial charge in [-0.3, -0.25) is 14.4 Å². The van der Waals surface area contributed by atoms with Crippen LogP contribution in [0.25, 0.3) is 0 Å². The molecule has 0 aromatic heterocycles. The van der Waals surface area contributed by atoms with Crippen molar-refractivity contribution in [2.75, 3.05) is 18.5 Å². The number of hydrogen-bond donors (Lipinski definition) is 2. The topological polar surface area (TPSA) is 84.5 Å². The number of carbonyl (C=O) groups is 3. The second-order valence-corrected chi connectivity index (χ2v) is 5.41. The molecule has 0 unspecified atom stereocenters. The van der Waals surface area contributed by atoms with Crippen LogP contribution in [-0.4, -0.2) is 30.9 Å². The maximum absolute atomic E-state index is 13.4. The SMILES string of the molecule is O=C(COC(=O)CNC(=O)c1ccccc1F)Nc1ccccc1C(F)(F)F. The summed E-state index contributed by atoms with van der Waals surface area (Å²) < 4.78 is 56.6. The molecule has 2 amide bonds. The molecule has 0 aliphatic heterocycles. The molecule has 2 aromatic carbocycles. The summed E-state index contributed by atoms with van der Waals surface area (Å²) in [4.78, 5) is 35.0. The second kappa shape index (κ2) is 8.98. The van der Waals surface area contributed by atoms with Gasteiger partial charge >= 0.3 is 12.1 Å². The first-order chi connectivity index (χ1) is 13.2. The van der Waals surface area contributed by atoms with Gasteiger partial charge in [0.1, 0.15) is 12.4 Å². The zero-order chi connectivity index (χ0) is 20.7. The summed E-state index contributed by atoms with van der Waals surface area (Å²) in [5.74, 6) is -3.66. The van der Waals surface area contributed by atoms with Crippen LogP contribution >= 0.6 is 0 Å². The van der Waals surface area contributed by atoms with E-state index < -0.39 is 54.2 Å². The molecule has 0 saturated carbocycles. The molecule has 148 valence electrons. The molecule has 28 heavy (non-hydrogen) atoms. The van der Waals surface area contributed by atoms with E-state index in [1.807, 2.05) is 5.32 Å². The van der Waals surface area contributed by atoms with Gasteiger partial charge in [0.15, 0.2) is 6.61 Å². The Balaban J connectivity index is 1.83. The monoisotopic (exact) mass is 398 g/mol. The van der Waals surface area contributed by atoms with Gasteiger partial charge in [-0.25, -0.2) is 4.39 Å². The third kappa shape index (κ3) is 5.79. The minimum atomic E-state index is -4.67. The van der Waals surface area contributed by atoms with Crippen LogP contribution in [0.4, 0.5) is 23.2 Å². The lowest BCUT2D eigenvalue weighted by Crippen LogP contribution is -2.32. The van der Waals surface area contributed by atoms with Crippen molar-refractivity contribution in [2.24, 2.45) is 0 Å². The molecule has 2 rings (SSSR count). The Labute approximate surface area is 156 Å². The number of rotatable bonds is 6. The van der Waals surface area contributed by atoms with Gasteiger partial charge in [-0.1, -0.05) is 24.3 Å². The molecule has 2 N–H and O–H groups in total. The average Bonchev–Trinajstić information content (AvgIpc) is 2.64. The summed E-state index contributed by atoms with van der Waals surface area (Å²) in [6.45, 7) is -1.51. The van der Waals surface area contributed by atoms with Crippen LogP contribution in [-0.2, 0) is 20.5 Å². The van der Waals surface area contributed by atoms with E-state index in [0.29, 0.717) is 0 Å². The highest BCUT2D eigenvalue weighted by Crippen LogP contribution is 2.34. The van der Waals surface area contributed by atoms with Crippen molar-refractivity contribution in [1.29, 1.82) is 0 Å². The lowest BCUT2D eigenvalue weighted by Gasteiger charge is -2.13. The number of halogens is 4. The molecular formula is C18H14F4N2O4. The molecule has 0 spiro atoms. The van der Waals surface area contributed by atoms with Crippen LogP contribution < -0.4 is 10.6 Å². The highest BCUT2D eigenvalue weighted by Gasteiger charge is 2.33. The van der Waals surface area contributed by atoms with E-state index in [1.54, 1.807) is 0 Å². The van der Waals surface area contributed by atoms with Crippen LogP contribution in [0.1, 0.15) is 15.9 Å². The summed E-state index contributed by atoms with van der Waals surface area (Å²) in [5.41, 5.74) is -1.81. The van der Waals surface area contributed by atoms with E-state index in [0.717, 1.165) is 24.3 Å². The molecular weight excluding hydrogens is 384 g/mol. The van der Waals surface area contributed by atoms with Crippen molar-refractivity contribution in [3.05, 3.63) is 65.5 Å². The van der Waals surface area contributed by atoms with Crippen LogP contribution in [0.15, 0.2) is 48.5 Å². The number of nitrogens with one attached hydrogen (secondary N) is 2. The number of hydrogen-bond acceptors (Lipinski definition) is 4. The molecule has 0 saturated heterocycles. The maximum atomic E-state index is 13.4. The highest BCUT2D eigenvalue weighted by atomic mass is 19.4. The normalized spacial score (nSPS) is 10.9. The van der Waals surface area contributed by atoms with Gasteiger partial charge in [-0.15, -0.1) is 0 Å². The van der Waals surface area contributed by atoms with Gasteiger partial charge in [-0.2, -0.15) is 13.2 Å². The van der Waals surface area contributed by atoms with Crippen LogP contribution in [0, 0.1) is 5.82 Å². The summed E-state index contributed by atoms with van der Waals surface area (Å²) in [6.07, 6.45) is -4.67. The Morgan fingerprint density at radius 1 is 0.964 bits per heavy atom. The third-order valence-corrected chi connectivity index (χ3v) is 3.38. The standard InChI is InChI=1S/C18H14F4N2O4/c19-13-7-3-1-5-11(13)17(27)23-9-16(26)28-10-15(25)24-14-8-4-2-6-12(14)18(20,21)22/h1-8H,9-10H2,(H,23,27)(H,24,25). The lowest BCUT2D eigenvalue weighted by molar-refractivity contribution is -0.146. The van der Waals surface area contributed by atoms with Crippen LogP contribution in [0.3, 0.4) is 0 Å². The number of esters is 1. The fourth-order valence-electron chi connectivity index (χ4n) is 2.12. The van der Waals surface area contributed by atoms with Crippen molar-refractivity contribution in [3.8, 4) is 0 Å². The molecule has 0 fully saturated rings. The molecule has 0 radical (unpaired) electrons. The van der Waals surface area contributed by atoms with Crippen molar-refractivity contribution in [1.82, 2.24) is 5.32 Å². The first kappa shape index (κ1) is 20.9. The second-order valence-electron chi connectivity index (χ2n) is 5.41. The summed E-state index contributed by atoms with van der Waals surface area (Å²) >= 11 is 0. The number of amides is 2. The number of carbonyl (C=O) groups excluding carboxylic acids is 3. The fourth-order valence-corrected chi connectivity index (χ4v) is 2.12. The molecule has 0 atom stereocenters. The van der Waals surface area contributed by atoms with Crippen LogP contribution in [0.2, 0.25) is 0 Å². The Morgan fingerprint density at radius 2 is 1.61 bits per heavy atom. The zero-order valence-electron chi connectivity index (χ0n) is 14.2. The fraction of sp³-hybridized carbons (Fsp3) is 0.167. The Hall–Kier alpha value is -3.43. The number of alkyl halides is 3. The highest BCUT2D eigenvalue weighted by molar-refractivity contribution is 5.97. The smallest absolute Gasteiger partial charge is 0.418 e. The lowest BCUT2D eigenvalue weighted by atomic mass is 10.1. The van der Waals surface area contributed by atoms with Gasteiger partial charge in [0.05, 0.1) is 16.8 Å². The summed E-state index contributed by atoms with van der Waals surface area (Å²) in [7, 11) is 0. The van der Waals surface area contributed by atoms with E-state index in [9.17, 15) is 31.9 Å². The number of benzene rings is 2. The molecule has 6 nitrogen and oxygen atoms in total. The van der Waals surface area contributed by atoms with E-state index in [4.69, 9.17) is 0 Å². The van der Waals surface area contributed by atoms with Crippen LogP contribution in [0.5, 0.6) is 0 Å². The third-order valence-electron chi connectivity index (χ3n) is 3.38. The van der Waals surface area contributed by atoms with E-state index >= 15 is 0 Å². The van der Waals surface area contributed by atoms with Gasteiger partial charge in [0.2, 0.25) is 0 Å². The van der Waals surface area contributed by atoms with Gasteiger partial charge in [0.25, 0.3) is 11.8 Å². The summed E-state index contributed by atoms with van der Waals surface area (Å²) in [5, 5.41) is 4.11. The molecule has 10 heteroatoms. The number of anilines is 1. The first-order valence-corrected chi connectivity index (χ1v) is 7.83. The number of ether oxygens (including phenoxy) is 1. The maximum Gasteiger partial charge on any atom is 0.418 e. The predicted octanol–water partition coefficient (Wildman–Crippen LogP) is 2.76. The van der Waals surface area contributed by atoms with Crippen molar-refractivity contribution in [2.45, 2.75) is 6.18 Å².